The molecule has 3 rings (SSSR count). The van der Waals surface area contributed by atoms with Crippen LogP contribution in [0.2, 0.25) is 0 Å². The molecule has 0 aromatic heterocycles. The van der Waals surface area contributed by atoms with Crippen LogP contribution in [0.15, 0.2) is 0 Å². The molecular weight excluding hydrogens is 156 g/mol. The first-order valence-corrected chi connectivity index (χ1v) is 4.80. The topological polar surface area (TPSA) is 38.7 Å². The van der Waals surface area contributed by atoms with Crippen LogP contribution >= 0.6 is 0 Å². The molecule has 2 aliphatic heterocycles. The fraction of sp³-hybridized carbons (Fsp3) is 1.00. The molecule has 1 aliphatic carbocycles. The zero-order valence-electron chi connectivity index (χ0n) is 6.98. The summed E-state index contributed by atoms with van der Waals surface area (Å²) < 4.78 is 11.1. The third-order valence-electron chi connectivity index (χ3n) is 3.47. The molecule has 12 heavy (non-hydrogen) atoms. The number of aliphatic hydroxyl groups excluding tert-OH is 1. The molecule has 0 aromatic carbocycles. The van der Waals surface area contributed by atoms with Crippen LogP contribution in [0.1, 0.15) is 19.3 Å². The Kier molecular flexibility index (Phi) is 1.48. The Morgan fingerprint density at radius 1 is 1.17 bits per heavy atom. The van der Waals surface area contributed by atoms with Crippen LogP contribution in [0.5, 0.6) is 0 Å². The van der Waals surface area contributed by atoms with Gasteiger partial charge in [-0.1, -0.05) is 0 Å². The van der Waals surface area contributed by atoms with Gasteiger partial charge in [0.1, 0.15) is 0 Å². The molecule has 0 unspecified atom stereocenters. The highest BCUT2D eigenvalue weighted by molar-refractivity contribution is 4.96. The van der Waals surface area contributed by atoms with Gasteiger partial charge >= 0.3 is 0 Å². The number of ether oxygens (including phenoxy) is 2. The van der Waals surface area contributed by atoms with E-state index in [9.17, 15) is 5.11 Å². The predicted molar refractivity (Wildman–Crippen MR) is 41.5 cm³/mol. The molecule has 1 N–H and O–H groups in total. The van der Waals surface area contributed by atoms with Gasteiger partial charge in [0.05, 0.1) is 18.8 Å². The quantitative estimate of drug-likeness (QED) is 0.576. The average Bonchev–Trinajstić information content (AvgIpc) is 2.59. The standard InChI is InChI=1S/C9H14O3/c10-5-3-7-6-1-2-11-9(6)12-8(7)4-5/h5-10H,1-4H2/t5-,6-,7-,8-,9+/m1/s1. The molecule has 0 bridgehead atoms. The van der Waals surface area contributed by atoms with Crippen molar-refractivity contribution < 1.29 is 14.6 Å². The Labute approximate surface area is 71.7 Å². The van der Waals surface area contributed by atoms with Gasteiger partial charge in [-0.25, -0.2) is 0 Å². The second kappa shape index (κ2) is 2.44. The maximum Gasteiger partial charge on any atom is 0.161 e. The smallest absolute Gasteiger partial charge is 0.161 e. The van der Waals surface area contributed by atoms with E-state index in [-0.39, 0.29) is 18.5 Å². The van der Waals surface area contributed by atoms with Crippen molar-refractivity contribution in [3.63, 3.8) is 0 Å². The van der Waals surface area contributed by atoms with Crippen LogP contribution < -0.4 is 0 Å². The molecule has 2 heterocycles. The Bertz CT molecular complexity index is 194. The maximum atomic E-state index is 9.43. The van der Waals surface area contributed by atoms with E-state index in [1.54, 1.807) is 0 Å². The zero-order chi connectivity index (χ0) is 8.13. The highest BCUT2D eigenvalue weighted by Crippen LogP contribution is 2.47. The first-order chi connectivity index (χ1) is 5.84. The largest absolute Gasteiger partial charge is 0.393 e. The van der Waals surface area contributed by atoms with E-state index in [2.05, 4.69) is 0 Å². The first-order valence-electron chi connectivity index (χ1n) is 4.80. The normalized spacial score (nSPS) is 57.2. The van der Waals surface area contributed by atoms with Crippen molar-refractivity contribution in [1.29, 1.82) is 0 Å². The fourth-order valence-electron chi connectivity index (χ4n) is 2.92. The van der Waals surface area contributed by atoms with Crippen LogP contribution in [0.25, 0.3) is 0 Å². The molecule has 68 valence electrons. The molecule has 1 saturated carbocycles. The van der Waals surface area contributed by atoms with E-state index >= 15 is 0 Å². The lowest BCUT2D eigenvalue weighted by Gasteiger charge is -2.11. The summed E-state index contributed by atoms with van der Waals surface area (Å²) in [7, 11) is 0. The number of hydrogen-bond acceptors (Lipinski definition) is 3. The lowest BCUT2D eigenvalue weighted by Crippen LogP contribution is -2.16. The molecular formula is C9H14O3. The van der Waals surface area contributed by atoms with Gasteiger partial charge < -0.3 is 14.6 Å². The minimum atomic E-state index is -0.124. The molecule has 5 atom stereocenters. The van der Waals surface area contributed by atoms with Gasteiger partial charge in [0.2, 0.25) is 0 Å². The highest BCUT2D eigenvalue weighted by Gasteiger charge is 2.51. The maximum absolute atomic E-state index is 9.43. The molecule has 0 spiro atoms. The van der Waals surface area contributed by atoms with Gasteiger partial charge in [-0.3, -0.25) is 0 Å². The van der Waals surface area contributed by atoms with E-state index in [4.69, 9.17) is 9.47 Å². The lowest BCUT2D eigenvalue weighted by atomic mass is 9.90. The molecule has 3 fully saturated rings. The van der Waals surface area contributed by atoms with Gasteiger partial charge in [-0.15, -0.1) is 0 Å². The Morgan fingerprint density at radius 3 is 3.00 bits per heavy atom. The van der Waals surface area contributed by atoms with Gasteiger partial charge in [0.25, 0.3) is 0 Å². The van der Waals surface area contributed by atoms with Gasteiger partial charge in [-0.2, -0.15) is 0 Å². The molecule has 2 saturated heterocycles. The summed E-state index contributed by atoms with van der Waals surface area (Å²) in [6, 6.07) is 0. The lowest BCUT2D eigenvalue weighted by molar-refractivity contribution is -0.120. The summed E-state index contributed by atoms with van der Waals surface area (Å²) in [4.78, 5) is 0. The minimum absolute atomic E-state index is 0.0625. The zero-order valence-corrected chi connectivity index (χ0v) is 6.98. The van der Waals surface area contributed by atoms with E-state index in [1.807, 2.05) is 0 Å². The van der Waals surface area contributed by atoms with Gasteiger partial charge in [-0.05, 0) is 25.2 Å². The first kappa shape index (κ1) is 7.30. The minimum Gasteiger partial charge on any atom is -0.393 e. The Hall–Kier alpha value is -0.120. The van der Waals surface area contributed by atoms with Crippen molar-refractivity contribution in [3.05, 3.63) is 0 Å². The number of fused-ring (bicyclic) bond motifs is 3. The summed E-state index contributed by atoms with van der Waals surface area (Å²) in [6.45, 7) is 0.842. The summed E-state index contributed by atoms with van der Waals surface area (Å²) in [6.07, 6.45) is 3.10. The second-order valence-corrected chi connectivity index (χ2v) is 4.16. The molecule has 3 nitrogen and oxygen atoms in total. The van der Waals surface area contributed by atoms with E-state index in [0.29, 0.717) is 11.8 Å². The third-order valence-corrected chi connectivity index (χ3v) is 3.47. The van der Waals surface area contributed by atoms with Crippen LogP contribution in [0.4, 0.5) is 0 Å². The van der Waals surface area contributed by atoms with E-state index < -0.39 is 0 Å². The predicted octanol–water partition coefficient (Wildman–Crippen LogP) is 0.519. The molecule has 3 aliphatic rings. The molecule has 0 amide bonds. The Morgan fingerprint density at radius 2 is 2.08 bits per heavy atom. The van der Waals surface area contributed by atoms with Crippen LogP contribution in [-0.2, 0) is 9.47 Å². The number of rotatable bonds is 0. The van der Waals surface area contributed by atoms with Crippen LogP contribution in [-0.4, -0.2) is 30.2 Å². The van der Waals surface area contributed by atoms with Crippen molar-refractivity contribution in [2.24, 2.45) is 11.8 Å². The van der Waals surface area contributed by atoms with Crippen molar-refractivity contribution >= 4 is 0 Å². The van der Waals surface area contributed by atoms with Crippen LogP contribution in [0.3, 0.4) is 0 Å². The van der Waals surface area contributed by atoms with Crippen LogP contribution in [0, 0.1) is 11.8 Å². The monoisotopic (exact) mass is 170 g/mol. The van der Waals surface area contributed by atoms with Crippen molar-refractivity contribution in [1.82, 2.24) is 0 Å². The Balaban J connectivity index is 1.80. The summed E-state index contributed by atoms with van der Waals surface area (Å²) in [5.74, 6) is 1.15. The summed E-state index contributed by atoms with van der Waals surface area (Å²) in [5, 5.41) is 9.43. The summed E-state index contributed by atoms with van der Waals surface area (Å²) >= 11 is 0. The number of hydrogen-bond donors (Lipinski definition) is 1. The summed E-state index contributed by atoms with van der Waals surface area (Å²) in [5.41, 5.74) is 0. The van der Waals surface area contributed by atoms with E-state index in [1.165, 1.54) is 0 Å². The highest BCUT2D eigenvalue weighted by atomic mass is 16.7. The van der Waals surface area contributed by atoms with Crippen molar-refractivity contribution in [2.75, 3.05) is 6.61 Å². The van der Waals surface area contributed by atoms with Gasteiger partial charge in [0, 0.05) is 5.92 Å². The average molecular weight is 170 g/mol. The van der Waals surface area contributed by atoms with E-state index in [0.717, 1.165) is 25.9 Å². The number of aliphatic hydroxyl groups is 1. The van der Waals surface area contributed by atoms with Crippen molar-refractivity contribution in [3.8, 4) is 0 Å². The van der Waals surface area contributed by atoms with Crippen molar-refractivity contribution in [2.45, 2.75) is 37.8 Å². The molecule has 0 radical (unpaired) electrons. The molecule has 0 aromatic rings. The molecule has 3 heteroatoms. The fourth-order valence-corrected chi connectivity index (χ4v) is 2.92. The third kappa shape index (κ3) is 0.873. The van der Waals surface area contributed by atoms with Gasteiger partial charge in [0.15, 0.2) is 6.29 Å². The second-order valence-electron chi connectivity index (χ2n) is 4.16. The SMILES string of the molecule is O[C@@H]1C[C@@H]2[C@H]3CCO[C@H]3O[C@@H]2C1.